The van der Waals surface area contributed by atoms with Crippen molar-refractivity contribution in [1.82, 2.24) is 10.2 Å². The van der Waals surface area contributed by atoms with Crippen LogP contribution in [-0.2, 0) is 4.79 Å². The summed E-state index contributed by atoms with van der Waals surface area (Å²) in [6.07, 6.45) is 0.843. The van der Waals surface area contributed by atoms with Crippen molar-refractivity contribution in [2.24, 2.45) is 5.92 Å². The number of carbonyl (C=O) groups excluding carboxylic acids is 1. The second kappa shape index (κ2) is 8.21. The number of benzene rings is 1. The molecule has 128 valence electrons. The summed E-state index contributed by atoms with van der Waals surface area (Å²) in [4.78, 5) is 14.2. The Hall–Kier alpha value is -1.73. The van der Waals surface area contributed by atoms with E-state index in [2.05, 4.69) is 15.0 Å². The van der Waals surface area contributed by atoms with Gasteiger partial charge in [0.1, 0.15) is 5.75 Å². The number of carbonyl (C=O) groups is 1. The molecule has 1 amide bonds. The number of piperidine rings is 1. The van der Waals surface area contributed by atoms with Crippen LogP contribution in [0.2, 0.25) is 0 Å². The number of aliphatic hydroxyl groups excluding tert-OH is 1. The predicted octanol–water partition coefficient (Wildman–Crippen LogP) is 1.78. The molecular weight excluding hydrogens is 306 g/mol. The molecule has 0 aliphatic carbocycles. The summed E-state index contributed by atoms with van der Waals surface area (Å²) in [5, 5.41) is 12.8. The topological polar surface area (TPSA) is 61.8 Å². The lowest BCUT2D eigenvalue weighted by atomic mass is 9.97. The van der Waals surface area contributed by atoms with Crippen LogP contribution >= 0.6 is 0 Å². The van der Waals surface area contributed by atoms with E-state index in [0.29, 0.717) is 12.1 Å². The molecule has 7 heteroatoms. The van der Waals surface area contributed by atoms with E-state index in [0.717, 1.165) is 19.4 Å². The van der Waals surface area contributed by atoms with Gasteiger partial charge in [0.15, 0.2) is 0 Å². The number of aliphatic hydroxyl groups is 1. The number of likely N-dealkylation sites (tertiary alicyclic amines) is 1. The lowest BCUT2D eigenvalue weighted by Gasteiger charge is -2.29. The van der Waals surface area contributed by atoms with Crippen molar-refractivity contribution in [1.29, 1.82) is 0 Å². The maximum atomic E-state index is 12.2. The minimum absolute atomic E-state index is 0.0169. The van der Waals surface area contributed by atoms with Gasteiger partial charge < -0.3 is 20.1 Å². The zero-order chi connectivity index (χ0) is 16.8. The standard InChI is InChI=1S/C16H22F2N2O3/c1-20-7-3-5-12(10-20)15(22)19-9-14(21)11-4-2-6-13(8-11)23-16(17)18/h2,4,6,8,12,14,16,21H,3,5,7,9-10H2,1H3,(H,19,22). The first-order chi connectivity index (χ1) is 11.0. The lowest BCUT2D eigenvalue weighted by Crippen LogP contribution is -2.42. The van der Waals surface area contributed by atoms with Gasteiger partial charge >= 0.3 is 6.61 Å². The smallest absolute Gasteiger partial charge is 0.387 e. The van der Waals surface area contributed by atoms with Crippen molar-refractivity contribution < 1.29 is 23.4 Å². The Labute approximate surface area is 134 Å². The largest absolute Gasteiger partial charge is 0.435 e. The summed E-state index contributed by atoms with van der Waals surface area (Å²) in [7, 11) is 1.97. The average molecular weight is 328 g/mol. The third kappa shape index (κ3) is 5.44. The molecule has 1 heterocycles. The summed E-state index contributed by atoms with van der Waals surface area (Å²) < 4.78 is 28.7. The number of amides is 1. The van der Waals surface area contributed by atoms with E-state index in [4.69, 9.17) is 0 Å². The van der Waals surface area contributed by atoms with Crippen LogP contribution in [0.15, 0.2) is 24.3 Å². The van der Waals surface area contributed by atoms with E-state index >= 15 is 0 Å². The zero-order valence-electron chi connectivity index (χ0n) is 13.0. The van der Waals surface area contributed by atoms with E-state index < -0.39 is 12.7 Å². The van der Waals surface area contributed by atoms with Crippen molar-refractivity contribution in [2.45, 2.75) is 25.6 Å². The van der Waals surface area contributed by atoms with E-state index in [1.807, 2.05) is 7.05 Å². The van der Waals surface area contributed by atoms with Crippen LogP contribution in [0.4, 0.5) is 8.78 Å². The first-order valence-electron chi connectivity index (χ1n) is 7.65. The van der Waals surface area contributed by atoms with Crippen LogP contribution in [-0.4, -0.2) is 49.2 Å². The third-order valence-corrected chi connectivity index (χ3v) is 3.93. The number of halogens is 2. The Morgan fingerprint density at radius 3 is 3.00 bits per heavy atom. The Bertz CT molecular complexity index is 528. The molecule has 5 nitrogen and oxygen atoms in total. The molecule has 1 aromatic rings. The van der Waals surface area contributed by atoms with Crippen LogP contribution in [0.1, 0.15) is 24.5 Å². The minimum Gasteiger partial charge on any atom is -0.435 e. The van der Waals surface area contributed by atoms with Crippen molar-refractivity contribution in [3.05, 3.63) is 29.8 Å². The molecule has 1 aliphatic heterocycles. The van der Waals surface area contributed by atoms with Crippen molar-refractivity contribution >= 4 is 5.91 Å². The molecule has 0 radical (unpaired) electrons. The number of nitrogens with one attached hydrogen (secondary N) is 1. The normalized spacial score (nSPS) is 20.3. The minimum atomic E-state index is -2.91. The molecule has 1 saturated heterocycles. The van der Waals surface area contributed by atoms with Gasteiger partial charge in [-0.2, -0.15) is 8.78 Å². The summed E-state index contributed by atoms with van der Waals surface area (Å²) in [5.74, 6) is -0.179. The van der Waals surface area contributed by atoms with E-state index in [1.54, 1.807) is 6.07 Å². The number of ether oxygens (including phenoxy) is 1. The Morgan fingerprint density at radius 1 is 1.52 bits per heavy atom. The summed E-state index contributed by atoms with van der Waals surface area (Å²) >= 11 is 0. The highest BCUT2D eigenvalue weighted by molar-refractivity contribution is 5.79. The van der Waals surface area contributed by atoms with E-state index in [1.165, 1.54) is 18.2 Å². The van der Waals surface area contributed by atoms with Gasteiger partial charge in [0.25, 0.3) is 0 Å². The second-order valence-electron chi connectivity index (χ2n) is 5.81. The Kier molecular flexibility index (Phi) is 6.29. The molecule has 1 fully saturated rings. The third-order valence-electron chi connectivity index (χ3n) is 3.93. The number of rotatable bonds is 6. The maximum Gasteiger partial charge on any atom is 0.387 e. The fourth-order valence-electron chi connectivity index (χ4n) is 2.74. The number of hydrogen-bond donors (Lipinski definition) is 2. The van der Waals surface area contributed by atoms with Gasteiger partial charge in [0, 0.05) is 13.1 Å². The monoisotopic (exact) mass is 328 g/mol. The van der Waals surface area contributed by atoms with Gasteiger partial charge in [0.2, 0.25) is 5.91 Å². The van der Waals surface area contributed by atoms with Crippen molar-refractivity contribution in [3.8, 4) is 5.75 Å². The first-order valence-corrected chi connectivity index (χ1v) is 7.65. The number of alkyl halides is 2. The molecule has 23 heavy (non-hydrogen) atoms. The average Bonchev–Trinajstić information content (AvgIpc) is 2.52. The molecule has 2 unspecified atom stereocenters. The SMILES string of the molecule is CN1CCCC(C(=O)NCC(O)c2cccc(OC(F)F)c2)C1. The van der Waals surface area contributed by atoms with Crippen LogP contribution in [0, 0.1) is 5.92 Å². The fourth-order valence-corrected chi connectivity index (χ4v) is 2.74. The summed E-state index contributed by atoms with van der Waals surface area (Å²) in [6, 6.07) is 5.86. The highest BCUT2D eigenvalue weighted by atomic mass is 19.3. The second-order valence-corrected chi connectivity index (χ2v) is 5.81. The molecule has 0 spiro atoms. The molecule has 0 saturated carbocycles. The zero-order valence-corrected chi connectivity index (χ0v) is 13.0. The van der Waals surface area contributed by atoms with Gasteiger partial charge in [0.05, 0.1) is 12.0 Å². The highest BCUT2D eigenvalue weighted by Gasteiger charge is 2.24. The highest BCUT2D eigenvalue weighted by Crippen LogP contribution is 2.21. The molecule has 0 aromatic heterocycles. The van der Waals surface area contributed by atoms with Gasteiger partial charge in [-0.3, -0.25) is 4.79 Å². The predicted molar refractivity (Wildman–Crippen MR) is 81.3 cm³/mol. The molecule has 0 bridgehead atoms. The van der Waals surface area contributed by atoms with Crippen LogP contribution in [0.3, 0.4) is 0 Å². The molecule has 2 atom stereocenters. The van der Waals surface area contributed by atoms with Gasteiger partial charge in [-0.1, -0.05) is 12.1 Å². The van der Waals surface area contributed by atoms with E-state index in [9.17, 15) is 18.7 Å². The van der Waals surface area contributed by atoms with Crippen molar-refractivity contribution in [2.75, 3.05) is 26.7 Å². The van der Waals surface area contributed by atoms with Gasteiger partial charge in [-0.05, 0) is 44.1 Å². The van der Waals surface area contributed by atoms with Gasteiger partial charge in [-0.15, -0.1) is 0 Å². The van der Waals surface area contributed by atoms with Crippen molar-refractivity contribution in [3.63, 3.8) is 0 Å². The van der Waals surface area contributed by atoms with Crippen LogP contribution in [0.25, 0.3) is 0 Å². The van der Waals surface area contributed by atoms with Crippen LogP contribution in [0.5, 0.6) is 5.75 Å². The Morgan fingerprint density at radius 2 is 2.30 bits per heavy atom. The molecule has 2 rings (SSSR count). The lowest BCUT2D eigenvalue weighted by molar-refractivity contribution is -0.127. The molecule has 1 aliphatic rings. The number of nitrogens with zero attached hydrogens (tertiary/aromatic N) is 1. The first kappa shape index (κ1) is 17.6. The van der Waals surface area contributed by atoms with Gasteiger partial charge in [-0.25, -0.2) is 0 Å². The fraction of sp³-hybridized carbons (Fsp3) is 0.562. The maximum absolute atomic E-state index is 12.2. The molecule has 1 aromatic carbocycles. The number of hydrogen-bond acceptors (Lipinski definition) is 4. The Balaban J connectivity index is 1.86. The quantitative estimate of drug-likeness (QED) is 0.836. The molecule has 2 N–H and O–H groups in total. The summed E-state index contributed by atoms with van der Waals surface area (Å²) in [5.41, 5.74) is 0.421. The summed E-state index contributed by atoms with van der Waals surface area (Å²) in [6.45, 7) is -1.18. The van der Waals surface area contributed by atoms with Crippen LogP contribution < -0.4 is 10.1 Å². The molecular formula is C16H22F2N2O3. The van der Waals surface area contributed by atoms with E-state index in [-0.39, 0.29) is 24.1 Å².